The Morgan fingerprint density at radius 2 is 1.77 bits per heavy atom. The summed E-state index contributed by atoms with van der Waals surface area (Å²) in [5, 5.41) is 0. The lowest BCUT2D eigenvalue weighted by molar-refractivity contribution is 0.975. The van der Waals surface area contributed by atoms with E-state index in [2.05, 4.69) is 34.2 Å². The molecule has 0 unspecified atom stereocenters. The minimum absolute atomic E-state index is 0. The molecule has 1 N–H and O–H groups in total. The Morgan fingerprint density at radius 3 is 2.36 bits per heavy atom. The van der Waals surface area contributed by atoms with Gasteiger partial charge in [-0.1, -0.05) is 12.1 Å². The van der Waals surface area contributed by atoms with Crippen LogP contribution in [0.5, 0.6) is 0 Å². The van der Waals surface area contributed by atoms with E-state index in [-0.39, 0.29) is 18.0 Å². The zero-order valence-electron chi connectivity index (χ0n) is 12.8. The van der Waals surface area contributed by atoms with Gasteiger partial charge in [0.05, 0.1) is 0 Å². The normalized spacial score (nSPS) is 10.3. The molecule has 4 nitrogen and oxygen atoms in total. The lowest BCUT2D eigenvalue weighted by atomic mass is 10.0. The first-order valence-electron chi connectivity index (χ1n) is 6.87. The molecule has 0 aliphatic rings. The largest absolute Gasteiger partial charge is 0.326 e. The molecule has 3 rings (SSSR count). The lowest BCUT2D eigenvalue weighted by Gasteiger charge is -2.09. The zero-order chi connectivity index (χ0) is 15.0. The van der Waals surface area contributed by atoms with E-state index in [1.165, 1.54) is 0 Å². The van der Waals surface area contributed by atoms with Crippen LogP contribution in [0.1, 0.15) is 17.1 Å². The van der Waals surface area contributed by atoms with Gasteiger partial charge in [-0.3, -0.25) is 4.79 Å². The van der Waals surface area contributed by atoms with Gasteiger partial charge in [0.15, 0.2) is 0 Å². The van der Waals surface area contributed by atoms with Gasteiger partial charge in [-0.15, -0.1) is 12.4 Å². The van der Waals surface area contributed by atoms with Crippen molar-refractivity contribution in [3.05, 3.63) is 70.2 Å². The van der Waals surface area contributed by atoms with Crippen molar-refractivity contribution in [2.75, 3.05) is 0 Å². The van der Waals surface area contributed by atoms with E-state index >= 15 is 0 Å². The van der Waals surface area contributed by atoms with Crippen LogP contribution < -0.4 is 5.56 Å². The van der Waals surface area contributed by atoms with Crippen LogP contribution in [-0.2, 0) is 0 Å². The first-order valence-corrected chi connectivity index (χ1v) is 6.87. The fourth-order valence-electron chi connectivity index (χ4n) is 2.48. The molecule has 0 fully saturated rings. The molecule has 2 aromatic heterocycles. The Balaban J connectivity index is 0.00000176. The van der Waals surface area contributed by atoms with Gasteiger partial charge < -0.3 is 9.55 Å². The number of aryl methyl sites for hydroxylation is 3. The van der Waals surface area contributed by atoms with Gasteiger partial charge in [0.1, 0.15) is 5.82 Å². The highest BCUT2D eigenvalue weighted by atomic mass is 35.5. The maximum absolute atomic E-state index is 11.6. The van der Waals surface area contributed by atoms with E-state index in [0.717, 1.165) is 33.9 Å². The molecule has 0 aliphatic carbocycles. The molecule has 0 saturated carbocycles. The fraction of sp³-hybridized carbons (Fsp3) is 0.176. The average Bonchev–Trinajstić information content (AvgIpc) is 2.89. The van der Waals surface area contributed by atoms with Crippen LogP contribution in [0.2, 0.25) is 0 Å². The van der Waals surface area contributed by atoms with Crippen LogP contribution >= 0.6 is 12.4 Å². The molecular formula is C17H18ClN3O. The predicted octanol–water partition coefficient (Wildman–Crippen LogP) is 3.57. The summed E-state index contributed by atoms with van der Waals surface area (Å²) in [5.41, 5.74) is 4.81. The second-order valence-corrected chi connectivity index (χ2v) is 5.21. The maximum atomic E-state index is 11.6. The number of H-pyrrole nitrogens is 1. The topological polar surface area (TPSA) is 50.7 Å². The minimum atomic E-state index is -0.0260. The number of aromatic amines is 1. The van der Waals surface area contributed by atoms with Gasteiger partial charge in [-0.2, -0.15) is 0 Å². The Labute approximate surface area is 135 Å². The second-order valence-electron chi connectivity index (χ2n) is 5.21. The number of hydrogen-bond acceptors (Lipinski definition) is 2. The number of halogens is 1. The molecule has 0 amide bonds. The highest BCUT2D eigenvalue weighted by Gasteiger charge is 2.06. The molecule has 22 heavy (non-hydrogen) atoms. The third-order valence-corrected chi connectivity index (χ3v) is 3.71. The van der Waals surface area contributed by atoms with Crippen molar-refractivity contribution < 1.29 is 0 Å². The van der Waals surface area contributed by atoms with Crippen molar-refractivity contribution in [3.63, 3.8) is 0 Å². The summed E-state index contributed by atoms with van der Waals surface area (Å²) >= 11 is 0. The summed E-state index contributed by atoms with van der Waals surface area (Å²) in [4.78, 5) is 18.7. The van der Waals surface area contributed by atoms with Crippen LogP contribution in [-0.4, -0.2) is 14.5 Å². The summed E-state index contributed by atoms with van der Waals surface area (Å²) < 4.78 is 2.04. The second kappa shape index (κ2) is 6.20. The molecule has 0 spiro atoms. The third-order valence-electron chi connectivity index (χ3n) is 3.71. The number of aromatic nitrogens is 3. The van der Waals surface area contributed by atoms with Gasteiger partial charge in [0.25, 0.3) is 5.56 Å². The molecular weight excluding hydrogens is 298 g/mol. The summed E-state index contributed by atoms with van der Waals surface area (Å²) in [7, 11) is 0. The first-order chi connectivity index (χ1) is 10.1. The van der Waals surface area contributed by atoms with Crippen molar-refractivity contribution in [1.82, 2.24) is 14.5 Å². The monoisotopic (exact) mass is 315 g/mol. The molecule has 5 heteroatoms. The SMILES string of the molecule is Cc1[nH]c(=O)c(C)cc1-c1ccc(-n2ccnc2C)cc1.Cl. The first kappa shape index (κ1) is 16.0. The van der Waals surface area contributed by atoms with Crippen molar-refractivity contribution in [3.8, 4) is 16.8 Å². The number of pyridine rings is 1. The van der Waals surface area contributed by atoms with Gasteiger partial charge in [-0.05, 0) is 44.5 Å². The lowest BCUT2D eigenvalue weighted by Crippen LogP contribution is -2.11. The molecule has 0 saturated heterocycles. The summed E-state index contributed by atoms with van der Waals surface area (Å²) in [6.07, 6.45) is 3.73. The van der Waals surface area contributed by atoms with E-state index in [0.29, 0.717) is 0 Å². The number of benzene rings is 1. The minimum Gasteiger partial charge on any atom is -0.326 e. The van der Waals surface area contributed by atoms with Gasteiger partial charge in [0.2, 0.25) is 0 Å². The predicted molar refractivity (Wildman–Crippen MR) is 91.1 cm³/mol. The van der Waals surface area contributed by atoms with Crippen LogP contribution in [0, 0.1) is 20.8 Å². The number of rotatable bonds is 2. The Hall–Kier alpha value is -2.33. The van der Waals surface area contributed by atoms with Crippen LogP contribution in [0.4, 0.5) is 0 Å². The van der Waals surface area contributed by atoms with Crippen LogP contribution in [0.3, 0.4) is 0 Å². The molecule has 0 aliphatic heterocycles. The average molecular weight is 316 g/mol. The van der Waals surface area contributed by atoms with Crippen LogP contribution in [0.25, 0.3) is 16.8 Å². The highest BCUT2D eigenvalue weighted by molar-refractivity contribution is 5.85. The van der Waals surface area contributed by atoms with Gasteiger partial charge in [-0.25, -0.2) is 4.98 Å². The van der Waals surface area contributed by atoms with Crippen molar-refractivity contribution in [2.24, 2.45) is 0 Å². The van der Waals surface area contributed by atoms with Gasteiger partial charge in [0, 0.05) is 34.9 Å². The van der Waals surface area contributed by atoms with E-state index in [9.17, 15) is 4.79 Å². The maximum Gasteiger partial charge on any atom is 0.251 e. The molecule has 3 aromatic rings. The van der Waals surface area contributed by atoms with Crippen molar-refractivity contribution >= 4 is 12.4 Å². The van der Waals surface area contributed by atoms with E-state index in [1.807, 2.05) is 37.6 Å². The van der Waals surface area contributed by atoms with E-state index < -0.39 is 0 Å². The van der Waals surface area contributed by atoms with Crippen molar-refractivity contribution in [1.29, 1.82) is 0 Å². The van der Waals surface area contributed by atoms with E-state index in [4.69, 9.17) is 0 Å². The molecule has 114 valence electrons. The summed E-state index contributed by atoms with van der Waals surface area (Å²) in [6, 6.07) is 10.2. The number of nitrogens with zero attached hydrogens (tertiary/aromatic N) is 2. The zero-order valence-corrected chi connectivity index (χ0v) is 13.6. The Morgan fingerprint density at radius 1 is 1.09 bits per heavy atom. The fourth-order valence-corrected chi connectivity index (χ4v) is 2.48. The Bertz CT molecular complexity index is 847. The highest BCUT2D eigenvalue weighted by Crippen LogP contribution is 2.23. The molecule has 2 heterocycles. The summed E-state index contributed by atoms with van der Waals surface area (Å²) in [6.45, 7) is 5.72. The van der Waals surface area contributed by atoms with Crippen LogP contribution in [0.15, 0.2) is 47.5 Å². The number of nitrogens with one attached hydrogen (secondary N) is 1. The quantitative estimate of drug-likeness (QED) is 0.786. The standard InChI is InChI=1S/C17H17N3O.ClH/c1-11-10-16(12(2)19-17(11)21)14-4-6-15(7-5-14)20-9-8-18-13(20)3;/h4-10H,1-3H3,(H,19,21);1H. The van der Waals surface area contributed by atoms with E-state index in [1.54, 1.807) is 6.20 Å². The molecule has 0 radical (unpaired) electrons. The molecule has 1 aromatic carbocycles. The smallest absolute Gasteiger partial charge is 0.251 e. The number of imidazole rings is 1. The number of hydrogen-bond donors (Lipinski definition) is 1. The third kappa shape index (κ3) is 2.83. The van der Waals surface area contributed by atoms with Crippen molar-refractivity contribution in [2.45, 2.75) is 20.8 Å². The Kier molecular flexibility index (Phi) is 4.52. The molecule has 0 bridgehead atoms. The molecule has 0 atom stereocenters. The van der Waals surface area contributed by atoms with Gasteiger partial charge >= 0.3 is 0 Å². The summed E-state index contributed by atoms with van der Waals surface area (Å²) in [5.74, 6) is 0.957.